The molecule has 3 nitrogen and oxygen atoms in total. The predicted molar refractivity (Wildman–Crippen MR) is 40.5 cm³/mol. The SMILES string of the molecule is C[C@H](OC(C)(C)C)C(N)O. The van der Waals surface area contributed by atoms with Gasteiger partial charge in [0.2, 0.25) is 0 Å². The third-order valence-corrected chi connectivity index (χ3v) is 1.02. The van der Waals surface area contributed by atoms with Crippen molar-refractivity contribution >= 4 is 0 Å². The lowest BCUT2D eigenvalue weighted by Crippen LogP contribution is -2.39. The molecule has 3 heteroatoms. The summed E-state index contributed by atoms with van der Waals surface area (Å²) >= 11 is 0. The van der Waals surface area contributed by atoms with E-state index in [1.165, 1.54) is 0 Å². The number of aliphatic hydroxyl groups excluding tert-OH is 1. The molecule has 0 saturated heterocycles. The normalized spacial score (nSPS) is 18.6. The lowest BCUT2D eigenvalue weighted by Gasteiger charge is -2.26. The minimum absolute atomic E-state index is 0.236. The Kier molecular flexibility index (Phi) is 3.28. The number of rotatable bonds is 2. The van der Waals surface area contributed by atoms with E-state index in [2.05, 4.69) is 0 Å². The van der Waals surface area contributed by atoms with Gasteiger partial charge >= 0.3 is 0 Å². The van der Waals surface area contributed by atoms with Crippen molar-refractivity contribution in [3.63, 3.8) is 0 Å². The van der Waals surface area contributed by atoms with E-state index < -0.39 is 6.23 Å². The molecule has 0 aromatic heterocycles. The van der Waals surface area contributed by atoms with Crippen LogP contribution in [0.3, 0.4) is 0 Å². The van der Waals surface area contributed by atoms with Crippen molar-refractivity contribution in [2.75, 3.05) is 0 Å². The molecule has 0 aromatic rings. The Balaban J connectivity index is 3.68. The van der Waals surface area contributed by atoms with Crippen LogP contribution in [-0.4, -0.2) is 23.0 Å². The molecule has 0 amide bonds. The smallest absolute Gasteiger partial charge is 0.128 e. The summed E-state index contributed by atoms with van der Waals surface area (Å²) in [6.45, 7) is 7.51. The van der Waals surface area contributed by atoms with Crippen LogP contribution in [0.5, 0.6) is 0 Å². The van der Waals surface area contributed by atoms with Crippen LogP contribution in [0.2, 0.25) is 0 Å². The predicted octanol–water partition coefficient (Wildman–Crippen LogP) is 0.467. The van der Waals surface area contributed by atoms with Gasteiger partial charge in [-0.25, -0.2) is 0 Å². The second-order valence-corrected chi connectivity index (χ2v) is 3.43. The molecule has 3 N–H and O–H groups in total. The molecule has 0 spiro atoms. The second-order valence-electron chi connectivity index (χ2n) is 3.43. The van der Waals surface area contributed by atoms with Crippen molar-refractivity contribution in [3.8, 4) is 0 Å². The average Bonchev–Trinajstić information content (AvgIpc) is 1.60. The van der Waals surface area contributed by atoms with Gasteiger partial charge in [0.05, 0.1) is 11.7 Å². The van der Waals surface area contributed by atoms with Crippen molar-refractivity contribution in [3.05, 3.63) is 0 Å². The van der Waals surface area contributed by atoms with E-state index in [4.69, 9.17) is 15.6 Å². The lowest BCUT2D eigenvalue weighted by atomic mass is 10.2. The van der Waals surface area contributed by atoms with Crippen molar-refractivity contribution in [2.24, 2.45) is 5.73 Å². The fourth-order valence-corrected chi connectivity index (χ4v) is 0.627. The fourth-order valence-electron chi connectivity index (χ4n) is 0.627. The van der Waals surface area contributed by atoms with Crippen LogP contribution < -0.4 is 5.73 Å². The molecule has 0 radical (unpaired) electrons. The van der Waals surface area contributed by atoms with Gasteiger partial charge in [0.1, 0.15) is 6.23 Å². The molecule has 10 heavy (non-hydrogen) atoms. The van der Waals surface area contributed by atoms with Crippen LogP contribution in [0, 0.1) is 0 Å². The maximum Gasteiger partial charge on any atom is 0.128 e. The minimum Gasteiger partial charge on any atom is -0.376 e. The van der Waals surface area contributed by atoms with Crippen molar-refractivity contribution < 1.29 is 9.84 Å². The molecule has 0 bridgehead atoms. The Labute approximate surface area is 62.2 Å². The Morgan fingerprint density at radius 2 is 1.80 bits per heavy atom. The van der Waals surface area contributed by atoms with Crippen molar-refractivity contribution in [1.82, 2.24) is 0 Å². The summed E-state index contributed by atoms with van der Waals surface area (Å²) in [5.74, 6) is 0. The van der Waals surface area contributed by atoms with Gasteiger partial charge in [-0.15, -0.1) is 0 Å². The van der Waals surface area contributed by atoms with E-state index in [1.807, 2.05) is 20.8 Å². The molecule has 0 fully saturated rings. The monoisotopic (exact) mass is 147 g/mol. The first-order chi connectivity index (χ1) is 4.33. The molecular formula is C7H17NO2. The van der Waals surface area contributed by atoms with Crippen molar-refractivity contribution in [1.29, 1.82) is 0 Å². The maximum atomic E-state index is 8.84. The van der Waals surface area contributed by atoms with Crippen LogP contribution in [0.1, 0.15) is 27.7 Å². The summed E-state index contributed by atoms with van der Waals surface area (Å²) in [4.78, 5) is 0. The number of hydrogen-bond acceptors (Lipinski definition) is 3. The molecule has 0 saturated carbocycles. The van der Waals surface area contributed by atoms with Gasteiger partial charge in [-0.1, -0.05) is 0 Å². The van der Waals surface area contributed by atoms with E-state index in [-0.39, 0.29) is 11.7 Å². The number of ether oxygens (including phenoxy) is 1. The minimum atomic E-state index is -0.890. The first-order valence-corrected chi connectivity index (χ1v) is 3.44. The van der Waals surface area contributed by atoms with Gasteiger partial charge in [0, 0.05) is 0 Å². The maximum absolute atomic E-state index is 8.84. The van der Waals surface area contributed by atoms with Crippen LogP contribution >= 0.6 is 0 Å². The van der Waals surface area contributed by atoms with Crippen LogP contribution in [-0.2, 0) is 4.74 Å². The van der Waals surface area contributed by atoms with E-state index in [9.17, 15) is 0 Å². The summed E-state index contributed by atoms with van der Waals surface area (Å²) in [5, 5.41) is 8.84. The Morgan fingerprint density at radius 1 is 1.40 bits per heavy atom. The molecule has 1 unspecified atom stereocenters. The van der Waals surface area contributed by atoms with Gasteiger partial charge in [0.25, 0.3) is 0 Å². The first kappa shape index (κ1) is 9.88. The zero-order valence-electron chi connectivity index (χ0n) is 7.09. The van der Waals surface area contributed by atoms with E-state index in [0.29, 0.717) is 0 Å². The molecule has 0 aliphatic carbocycles. The zero-order valence-corrected chi connectivity index (χ0v) is 7.09. The molecule has 0 rings (SSSR count). The van der Waals surface area contributed by atoms with Crippen LogP contribution in [0.25, 0.3) is 0 Å². The van der Waals surface area contributed by atoms with Gasteiger partial charge < -0.3 is 15.6 Å². The fraction of sp³-hybridized carbons (Fsp3) is 1.00. The van der Waals surface area contributed by atoms with Crippen LogP contribution in [0.4, 0.5) is 0 Å². The third-order valence-electron chi connectivity index (χ3n) is 1.02. The van der Waals surface area contributed by atoms with Gasteiger partial charge in [-0.05, 0) is 27.7 Å². The summed E-state index contributed by atoms with van der Waals surface area (Å²) < 4.78 is 5.32. The molecule has 62 valence electrons. The number of hydrogen-bond donors (Lipinski definition) is 2. The topological polar surface area (TPSA) is 55.5 Å². The summed E-state index contributed by atoms with van der Waals surface area (Å²) in [7, 11) is 0. The first-order valence-electron chi connectivity index (χ1n) is 3.44. The highest BCUT2D eigenvalue weighted by Crippen LogP contribution is 2.10. The number of nitrogens with two attached hydrogens (primary N) is 1. The van der Waals surface area contributed by atoms with Crippen LogP contribution in [0.15, 0.2) is 0 Å². The quantitative estimate of drug-likeness (QED) is 0.558. The van der Waals surface area contributed by atoms with Gasteiger partial charge in [-0.3, -0.25) is 0 Å². The molecule has 0 aliphatic rings. The van der Waals surface area contributed by atoms with E-state index in [0.717, 1.165) is 0 Å². The lowest BCUT2D eigenvalue weighted by molar-refractivity contribution is -0.0997. The van der Waals surface area contributed by atoms with E-state index in [1.54, 1.807) is 6.92 Å². The highest BCUT2D eigenvalue weighted by atomic mass is 16.5. The summed E-state index contributed by atoms with van der Waals surface area (Å²) in [6, 6.07) is 0. The standard InChI is InChI=1S/C7H17NO2/c1-5(6(8)9)10-7(2,3)4/h5-6,9H,8H2,1-4H3/t5-,6?/m0/s1. The van der Waals surface area contributed by atoms with E-state index >= 15 is 0 Å². The Bertz CT molecular complexity index is 96.3. The molecule has 0 heterocycles. The Hall–Kier alpha value is -0.120. The number of aliphatic hydroxyl groups is 1. The molecule has 2 atom stereocenters. The van der Waals surface area contributed by atoms with Crippen molar-refractivity contribution in [2.45, 2.75) is 45.6 Å². The average molecular weight is 147 g/mol. The summed E-state index contributed by atoms with van der Waals surface area (Å²) in [6.07, 6.45) is -1.20. The molecular weight excluding hydrogens is 130 g/mol. The summed E-state index contributed by atoms with van der Waals surface area (Å²) in [5.41, 5.74) is 4.94. The highest BCUT2D eigenvalue weighted by molar-refractivity contribution is 4.65. The van der Waals surface area contributed by atoms with Gasteiger partial charge in [0.15, 0.2) is 0 Å². The zero-order chi connectivity index (χ0) is 8.36. The van der Waals surface area contributed by atoms with Gasteiger partial charge in [-0.2, -0.15) is 0 Å². The third kappa shape index (κ3) is 4.73. The Morgan fingerprint density at radius 3 is 1.90 bits per heavy atom. The molecule has 0 aliphatic heterocycles. The highest BCUT2D eigenvalue weighted by Gasteiger charge is 2.18. The largest absolute Gasteiger partial charge is 0.376 e. The molecule has 0 aromatic carbocycles. The second kappa shape index (κ2) is 3.32.